The molecule has 2 heterocycles. The fourth-order valence-corrected chi connectivity index (χ4v) is 5.66. The molecule has 1 aliphatic rings. The van der Waals surface area contributed by atoms with Gasteiger partial charge < -0.3 is 5.32 Å². The summed E-state index contributed by atoms with van der Waals surface area (Å²) in [5.41, 5.74) is 3.44. The number of benzene rings is 2. The summed E-state index contributed by atoms with van der Waals surface area (Å²) < 4.78 is 16.9. The number of rotatable bonds is 6. The van der Waals surface area contributed by atoms with E-state index >= 15 is 4.39 Å². The van der Waals surface area contributed by atoms with Gasteiger partial charge >= 0.3 is 0 Å². The maximum atomic E-state index is 15.2. The predicted octanol–water partition coefficient (Wildman–Crippen LogP) is 5.31. The maximum absolute atomic E-state index is 15.2. The van der Waals surface area contributed by atoms with E-state index in [2.05, 4.69) is 26.1 Å². The third-order valence-electron chi connectivity index (χ3n) is 6.20. The Hall–Kier alpha value is -3.13. The van der Waals surface area contributed by atoms with Gasteiger partial charge in [0.2, 0.25) is 11.8 Å². The van der Waals surface area contributed by atoms with E-state index in [1.165, 1.54) is 22.7 Å². The van der Waals surface area contributed by atoms with Crippen LogP contribution in [-0.4, -0.2) is 40.4 Å². The minimum Gasteiger partial charge on any atom is -0.355 e. The van der Waals surface area contributed by atoms with Crippen LogP contribution in [0.25, 0.3) is 5.69 Å². The van der Waals surface area contributed by atoms with Crippen LogP contribution in [0, 0.1) is 12.7 Å². The molecule has 1 N–H and O–H groups in total. The van der Waals surface area contributed by atoms with Crippen molar-refractivity contribution in [2.24, 2.45) is 0 Å². The van der Waals surface area contributed by atoms with Gasteiger partial charge in [0.05, 0.1) is 22.4 Å². The number of aromatic nitrogens is 2. The molecule has 0 saturated carbocycles. The number of para-hydroxylation sites is 1. The van der Waals surface area contributed by atoms with Crippen molar-refractivity contribution in [3.05, 3.63) is 76.7 Å². The van der Waals surface area contributed by atoms with Crippen LogP contribution >= 0.6 is 11.8 Å². The van der Waals surface area contributed by atoms with Crippen LogP contribution in [0.5, 0.6) is 0 Å². The molecular weight excluding hydrogens is 475 g/mol. The molecule has 0 fully saturated rings. The second kappa shape index (κ2) is 10.5. The molecule has 36 heavy (non-hydrogen) atoms. The van der Waals surface area contributed by atoms with E-state index in [1.54, 1.807) is 16.8 Å². The number of carbonyl (C=O) groups is 2. The molecule has 1 unspecified atom stereocenters. The standard InChI is InChI=1S/C28H33FN4O2S/c1-6-15-30-22(34)16-32-23(35)17-36-25(19-12-8-9-13-20(19)29)24-26(28(3,4)5)31-33(27(24)32)21-14-10-7-11-18(21)2/h7-14,25H,6,15-17H2,1-5H3,(H,30,34). The van der Waals surface area contributed by atoms with Gasteiger partial charge in [-0.3, -0.25) is 14.5 Å². The first-order valence-electron chi connectivity index (χ1n) is 12.3. The van der Waals surface area contributed by atoms with E-state index in [0.717, 1.165) is 28.9 Å². The van der Waals surface area contributed by atoms with E-state index in [9.17, 15) is 9.59 Å². The Morgan fingerprint density at radius 1 is 1.17 bits per heavy atom. The smallest absolute Gasteiger partial charge is 0.240 e. The molecule has 0 spiro atoms. The van der Waals surface area contributed by atoms with Crippen LogP contribution < -0.4 is 10.2 Å². The van der Waals surface area contributed by atoms with Crippen LogP contribution in [0.3, 0.4) is 0 Å². The number of carbonyl (C=O) groups excluding carboxylic acids is 2. The monoisotopic (exact) mass is 508 g/mol. The second-order valence-electron chi connectivity index (χ2n) is 10.1. The lowest BCUT2D eigenvalue weighted by Crippen LogP contribution is -2.42. The molecule has 1 aliphatic heterocycles. The number of amides is 2. The quantitative estimate of drug-likeness (QED) is 0.490. The molecule has 8 heteroatoms. The predicted molar refractivity (Wildman–Crippen MR) is 143 cm³/mol. The average molecular weight is 509 g/mol. The lowest BCUT2D eigenvalue weighted by Gasteiger charge is -2.25. The van der Waals surface area contributed by atoms with Crippen LogP contribution in [-0.2, 0) is 15.0 Å². The summed E-state index contributed by atoms with van der Waals surface area (Å²) in [5.74, 6) is -0.121. The van der Waals surface area contributed by atoms with Crippen LogP contribution in [0.15, 0.2) is 48.5 Å². The lowest BCUT2D eigenvalue weighted by atomic mass is 9.87. The van der Waals surface area contributed by atoms with Gasteiger partial charge in [0.15, 0.2) is 0 Å². The Morgan fingerprint density at radius 3 is 2.53 bits per heavy atom. The molecule has 190 valence electrons. The van der Waals surface area contributed by atoms with Gasteiger partial charge in [0.1, 0.15) is 18.2 Å². The normalized spacial score (nSPS) is 16.0. The first-order valence-corrected chi connectivity index (χ1v) is 13.3. The molecule has 1 aromatic heterocycles. The molecular formula is C28H33FN4O2S. The van der Waals surface area contributed by atoms with Gasteiger partial charge in [-0.25, -0.2) is 9.07 Å². The van der Waals surface area contributed by atoms with E-state index in [-0.39, 0.29) is 29.9 Å². The molecule has 6 nitrogen and oxygen atoms in total. The highest BCUT2D eigenvalue weighted by Gasteiger charge is 2.40. The highest BCUT2D eigenvalue weighted by Crippen LogP contribution is 2.49. The largest absolute Gasteiger partial charge is 0.355 e. The van der Waals surface area contributed by atoms with E-state index < -0.39 is 10.7 Å². The zero-order valence-electron chi connectivity index (χ0n) is 21.5. The molecule has 0 aliphatic carbocycles. The number of hydrogen-bond acceptors (Lipinski definition) is 4. The fourth-order valence-electron chi connectivity index (χ4n) is 4.44. The molecule has 0 saturated heterocycles. The number of halogens is 1. The SMILES string of the molecule is CCCNC(=O)CN1C(=O)CSC(c2ccccc2F)c2c(C(C)(C)C)nn(-c3ccccc3C)c21. The summed E-state index contributed by atoms with van der Waals surface area (Å²) in [4.78, 5) is 28.0. The second-order valence-corrected chi connectivity index (χ2v) is 11.2. The number of hydrogen-bond donors (Lipinski definition) is 1. The topological polar surface area (TPSA) is 67.2 Å². The number of fused-ring (bicyclic) bond motifs is 1. The number of anilines is 1. The van der Waals surface area contributed by atoms with Crippen LogP contribution in [0.2, 0.25) is 0 Å². The minimum absolute atomic E-state index is 0.117. The van der Waals surface area contributed by atoms with E-state index in [4.69, 9.17) is 5.10 Å². The van der Waals surface area contributed by atoms with Crippen molar-refractivity contribution < 1.29 is 14.0 Å². The molecule has 2 aromatic carbocycles. The Bertz CT molecular complexity index is 1280. The Labute approximate surface area is 216 Å². The van der Waals surface area contributed by atoms with Crippen molar-refractivity contribution in [3.8, 4) is 5.69 Å². The van der Waals surface area contributed by atoms with Gasteiger partial charge in [-0.2, -0.15) is 5.10 Å². The third-order valence-corrected chi connectivity index (χ3v) is 7.44. The van der Waals surface area contributed by atoms with Crippen molar-refractivity contribution in [2.75, 3.05) is 23.7 Å². The summed E-state index contributed by atoms with van der Waals surface area (Å²) >= 11 is 1.38. The first-order chi connectivity index (χ1) is 17.1. The minimum atomic E-state index is -0.458. The van der Waals surface area contributed by atoms with Crippen LogP contribution in [0.4, 0.5) is 10.2 Å². The van der Waals surface area contributed by atoms with Gasteiger partial charge in [-0.15, -0.1) is 11.8 Å². The van der Waals surface area contributed by atoms with Gasteiger partial charge in [0, 0.05) is 23.1 Å². The average Bonchev–Trinajstić information content (AvgIpc) is 3.17. The molecule has 1 atom stereocenters. The number of aryl methyl sites for hydroxylation is 1. The lowest BCUT2D eigenvalue weighted by molar-refractivity contribution is -0.122. The van der Waals surface area contributed by atoms with Crippen molar-refractivity contribution >= 4 is 29.4 Å². The number of thioether (sulfide) groups is 1. The Morgan fingerprint density at radius 2 is 1.86 bits per heavy atom. The fraction of sp³-hybridized carbons (Fsp3) is 0.393. The van der Waals surface area contributed by atoms with Gasteiger partial charge in [-0.05, 0) is 31.0 Å². The molecule has 4 rings (SSSR count). The van der Waals surface area contributed by atoms with E-state index in [1.807, 2.05) is 44.2 Å². The zero-order valence-corrected chi connectivity index (χ0v) is 22.3. The summed E-state index contributed by atoms with van der Waals surface area (Å²) in [5, 5.41) is 7.47. The molecule has 0 radical (unpaired) electrons. The van der Waals surface area contributed by atoms with Crippen molar-refractivity contribution in [3.63, 3.8) is 0 Å². The summed E-state index contributed by atoms with van der Waals surface area (Å²) in [7, 11) is 0. The van der Waals surface area contributed by atoms with Gasteiger partial charge in [0.25, 0.3) is 0 Å². The van der Waals surface area contributed by atoms with E-state index in [0.29, 0.717) is 17.9 Å². The summed E-state index contributed by atoms with van der Waals surface area (Å²) in [6, 6.07) is 14.5. The highest BCUT2D eigenvalue weighted by atomic mass is 32.2. The van der Waals surface area contributed by atoms with Crippen LogP contribution in [0.1, 0.15) is 61.7 Å². The summed E-state index contributed by atoms with van der Waals surface area (Å²) in [6.07, 6.45) is 0.797. The third kappa shape index (κ3) is 5.05. The number of nitrogens with zero attached hydrogens (tertiary/aromatic N) is 3. The number of nitrogens with one attached hydrogen (secondary N) is 1. The first kappa shape index (κ1) is 25.9. The van der Waals surface area contributed by atoms with Crippen molar-refractivity contribution in [1.82, 2.24) is 15.1 Å². The van der Waals surface area contributed by atoms with Crippen molar-refractivity contribution in [2.45, 2.75) is 51.7 Å². The zero-order chi connectivity index (χ0) is 26.0. The Kier molecular flexibility index (Phi) is 7.54. The summed E-state index contributed by atoms with van der Waals surface area (Å²) in [6.45, 7) is 10.6. The maximum Gasteiger partial charge on any atom is 0.240 e. The van der Waals surface area contributed by atoms with Gasteiger partial charge in [-0.1, -0.05) is 64.1 Å². The Balaban J connectivity index is 2.03. The molecule has 3 aromatic rings. The van der Waals surface area contributed by atoms with Crippen molar-refractivity contribution in [1.29, 1.82) is 0 Å². The molecule has 2 amide bonds. The molecule has 0 bridgehead atoms. The highest BCUT2D eigenvalue weighted by molar-refractivity contribution is 8.00.